The fraction of sp³-hybridized carbons (Fsp3) is 0.500. The van der Waals surface area contributed by atoms with Crippen molar-refractivity contribution in [3.8, 4) is 0 Å². The molecule has 0 spiro atoms. The van der Waals surface area contributed by atoms with Gasteiger partial charge in [0.25, 0.3) is 5.91 Å². The van der Waals surface area contributed by atoms with Crippen LogP contribution in [0.15, 0.2) is 11.6 Å². The van der Waals surface area contributed by atoms with E-state index >= 15 is 0 Å². The van der Waals surface area contributed by atoms with Crippen LogP contribution in [0.2, 0.25) is 0 Å². The van der Waals surface area contributed by atoms with E-state index in [9.17, 15) is 9.59 Å². The predicted octanol–water partition coefficient (Wildman–Crippen LogP) is 0.268. The van der Waals surface area contributed by atoms with E-state index in [1.807, 2.05) is 6.92 Å². The molecule has 1 rings (SSSR count). The van der Waals surface area contributed by atoms with E-state index in [4.69, 9.17) is 0 Å². The van der Waals surface area contributed by atoms with E-state index in [0.29, 0.717) is 12.0 Å². The Morgan fingerprint density at radius 1 is 1.73 bits per heavy atom. The van der Waals surface area contributed by atoms with Crippen molar-refractivity contribution in [3.63, 3.8) is 0 Å². The standard InChI is InChI=1S/C8H11NO2/c1-5-3-6(7(10)4-5)8(11)9-2/h3,5H,4H2,1-2H3,(H,9,11). The maximum atomic E-state index is 11.1. The number of Topliss-reactive ketones (excluding diaryl/α,β-unsaturated/α-hetero) is 1. The second-order valence-electron chi connectivity index (χ2n) is 2.76. The molecule has 0 heterocycles. The summed E-state index contributed by atoms with van der Waals surface area (Å²) in [6, 6.07) is 0. The van der Waals surface area contributed by atoms with Crippen LogP contribution in [0.1, 0.15) is 13.3 Å². The molecular formula is C8H11NO2. The van der Waals surface area contributed by atoms with Crippen LogP contribution < -0.4 is 5.32 Å². The van der Waals surface area contributed by atoms with Crippen LogP contribution in [0, 0.1) is 5.92 Å². The lowest BCUT2D eigenvalue weighted by molar-refractivity contribution is -0.121. The third kappa shape index (κ3) is 1.48. The first-order valence-electron chi connectivity index (χ1n) is 3.62. The van der Waals surface area contributed by atoms with Gasteiger partial charge in [-0.25, -0.2) is 0 Å². The summed E-state index contributed by atoms with van der Waals surface area (Å²) in [6.45, 7) is 1.92. The van der Waals surface area contributed by atoms with Crippen LogP contribution in [0.5, 0.6) is 0 Å². The van der Waals surface area contributed by atoms with Crippen molar-refractivity contribution in [3.05, 3.63) is 11.6 Å². The molecule has 1 amide bonds. The number of hydrogen-bond acceptors (Lipinski definition) is 2. The number of rotatable bonds is 1. The SMILES string of the molecule is CNC(=O)C1=CC(C)CC1=O. The summed E-state index contributed by atoms with van der Waals surface area (Å²) in [5.74, 6) is -0.0917. The van der Waals surface area contributed by atoms with E-state index in [1.54, 1.807) is 6.08 Å². The van der Waals surface area contributed by atoms with Gasteiger partial charge in [-0.2, -0.15) is 0 Å². The van der Waals surface area contributed by atoms with Crippen LogP contribution in [-0.4, -0.2) is 18.7 Å². The zero-order valence-corrected chi connectivity index (χ0v) is 6.68. The predicted molar refractivity (Wildman–Crippen MR) is 40.9 cm³/mol. The maximum Gasteiger partial charge on any atom is 0.254 e. The summed E-state index contributed by atoms with van der Waals surface area (Å²) < 4.78 is 0. The first-order chi connectivity index (χ1) is 5.15. The maximum absolute atomic E-state index is 11.1. The molecule has 3 heteroatoms. The smallest absolute Gasteiger partial charge is 0.254 e. The summed E-state index contributed by atoms with van der Waals surface area (Å²) in [7, 11) is 1.53. The lowest BCUT2D eigenvalue weighted by Crippen LogP contribution is -2.22. The summed E-state index contributed by atoms with van der Waals surface area (Å²) >= 11 is 0. The minimum Gasteiger partial charge on any atom is -0.355 e. The molecule has 0 bridgehead atoms. The van der Waals surface area contributed by atoms with Crippen molar-refractivity contribution < 1.29 is 9.59 Å². The number of nitrogens with one attached hydrogen (secondary N) is 1. The highest BCUT2D eigenvalue weighted by Crippen LogP contribution is 2.19. The topological polar surface area (TPSA) is 46.2 Å². The van der Waals surface area contributed by atoms with Crippen molar-refractivity contribution in [2.45, 2.75) is 13.3 Å². The summed E-state index contributed by atoms with van der Waals surface area (Å²) in [5.41, 5.74) is 0.319. The van der Waals surface area contributed by atoms with E-state index < -0.39 is 0 Å². The number of hydrogen-bond donors (Lipinski definition) is 1. The number of carbonyl (C=O) groups excluding carboxylic acids is 2. The molecule has 0 aromatic rings. The minimum absolute atomic E-state index is 0.0446. The Bertz CT molecular complexity index is 230. The van der Waals surface area contributed by atoms with Gasteiger partial charge in [0.1, 0.15) is 0 Å². The molecule has 3 nitrogen and oxygen atoms in total. The quantitative estimate of drug-likeness (QED) is 0.549. The molecule has 1 aliphatic rings. The number of allylic oxidation sites excluding steroid dienone is 1. The van der Waals surface area contributed by atoms with Crippen molar-refractivity contribution in [1.82, 2.24) is 5.32 Å². The Morgan fingerprint density at radius 2 is 2.36 bits per heavy atom. The van der Waals surface area contributed by atoms with Gasteiger partial charge in [-0.3, -0.25) is 9.59 Å². The van der Waals surface area contributed by atoms with Crippen LogP contribution in [0.25, 0.3) is 0 Å². The number of likely N-dealkylation sites (N-methyl/N-ethyl adjacent to an activating group) is 1. The molecule has 60 valence electrons. The van der Waals surface area contributed by atoms with Crippen LogP contribution >= 0.6 is 0 Å². The molecule has 0 radical (unpaired) electrons. The molecule has 1 aliphatic carbocycles. The van der Waals surface area contributed by atoms with Gasteiger partial charge >= 0.3 is 0 Å². The molecule has 1 unspecified atom stereocenters. The molecular weight excluding hydrogens is 142 g/mol. The molecule has 0 aromatic carbocycles. The molecule has 0 fully saturated rings. The lowest BCUT2D eigenvalue weighted by atomic mass is 10.1. The van der Waals surface area contributed by atoms with Crippen LogP contribution in [0.3, 0.4) is 0 Å². The summed E-state index contributed by atoms with van der Waals surface area (Å²) in [4.78, 5) is 22.0. The number of carbonyl (C=O) groups is 2. The first kappa shape index (κ1) is 7.98. The minimum atomic E-state index is -0.264. The Morgan fingerprint density at radius 3 is 2.73 bits per heavy atom. The largest absolute Gasteiger partial charge is 0.355 e. The lowest BCUT2D eigenvalue weighted by Gasteiger charge is -1.95. The molecule has 0 saturated heterocycles. The zero-order valence-electron chi connectivity index (χ0n) is 6.68. The van der Waals surface area contributed by atoms with Crippen molar-refractivity contribution in [2.75, 3.05) is 7.05 Å². The monoisotopic (exact) mass is 153 g/mol. The fourth-order valence-electron chi connectivity index (χ4n) is 1.18. The highest BCUT2D eigenvalue weighted by molar-refractivity contribution is 6.20. The van der Waals surface area contributed by atoms with Gasteiger partial charge in [-0.15, -0.1) is 0 Å². The van der Waals surface area contributed by atoms with Gasteiger partial charge in [-0.05, 0) is 5.92 Å². The number of amides is 1. The van der Waals surface area contributed by atoms with Gasteiger partial charge in [0.2, 0.25) is 0 Å². The van der Waals surface area contributed by atoms with Crippen LogP contribution in [0.4, 0.5) is 0 Å². The van der Waals surface area contributed by atoms with Crippen molar-refractivity contribution in [2.24, 2.45) is 5.92 Å². The van der Waals surface area contributed by atoms with Gasteiger partial charge in [-0.1, -0.05) is 13.0 Å². The highest BCUT2D eigenvalue weighted by atomic mass is 16.2. The Balaban J connectivity index is 2.79. The molecule has 0 aliphatic heterocycles. The van der Waals surface area contributed by atoms with Crippen LogP contribution in [-0.2, 0) is 9.59 Å². The third-order valence-electron chi connectivity index (χ3n) is 1.73. The van der Waals surface area contributed by atoms with Gasteiger partial charge in [0.05, 0.1) is 5.57 Å². The first-order valence-corrected chi connectivity index (χ1v) is 3.62. The average molecular weight is 153 g/mol. The average Bonchev–Trinajstić information content (AvgIpc) is 2.28. The Labute approximate surface area is 65.5 Å². The zero-order chi connectivity index (χ0) is 8.43. The van der Waals surface area contributed by atoms with Gasteiger partial charge < -0.3 is 5.32 Å². The molecule has 1 atom stereocenters. The Hall–Kier alpha value is -1.12. The van der Waals surface area contributed by atoms with Crippen molar-refractivity contribution >= 4 is 11.7 Å². The Kier molecular flexibility index (Phi) is 2.08. The summed E-state index contributed by atoms with van der Waals surface area (Å²) in [5, 5.41) is 2.43. The second-order valence-corrected chi connectivity index (χ2v) is 2.76. The van der Waals surface area contributed by atoms with E-state index in [1.165, 1.54) is 7.05 Å². The molecule has 0 saturated carbocycles. The highest BCUT2D eigenvalue weighted by Gasteiger charge is 2.25. The van der Waals surface area contributed by atoms with Gasteiger partial charge in [0, 0.05) is 13.5 Å². The van der Waals surface area contributed by atoms with Crippen molar-refractivity contribution in [1.29, 1.82) is 0 Å². The van der Waals surface area contributed by atoms with E-state index in [2.05, 4.69) is 5.32 Å². The summed E-state index contributed by atoms with van der Waals surface area (Å²) in [6.07, 6.45) is 2.20. The van der Waals surface area contributed by atoms with Gasteiger partial charge in [0.15, 0.2) is 5.78 Å². The number of ketones is 1. The third-order valence-corrected chi connectivity index (χ3v) is 1.73. The van der Waals surface area contributed by atoms with E-state index in [-0.39, 0.29) is 17.6 Å². The molecule has 0 aromatic heterocycles. The molecule has 1 N–H and O–H groups in total. The van der Waals surface area contributed by atoms with E-state index in [0.717, 1.165) is 0 Å². The second kappa shape index (κ2) is 2.86. The fourth-order valence-corrected chi connectivity index (χ4v) is 1.18. The normalized spacial score (nSPS) is 23.3. The molecule has 11 heavy (non-hydrogen) atoms.